The predicted octanol–water partition coefficient (Wildman–Crippen LogP) is 3.31. The van der Waals surface area contributed by atoms with Gasteiger partial charge in [0.1, 0.15) is 5.69 Å². The van der Waals surface area contributed by atoms with E-state index in [4.69, 9.17) is 4.74 Å². The van der Waals surface area contributed by atoms with Crippen LogP contribution in [-0.4, -0.2) is 56.7 Å². The molecule has 8 nitrogen and oxygen atoms in total. The minimum absolute atomic E-state index is 0.229. The van der Waals surface area contributed by atoms with E-state index in [0.29, 0.717) is 22.9 Å². The molecule has 0 unspecified atom stereocenters. The molecule has 1 aromatic carbocycles. The lowest BCUT2D eigenvalue weighted by molar-refractivity contribution is 0.102. The number of methoxy groups -OCH3 is 1. The summed E-state index contributed by atoms with van der Waals surface area (Å²) in [4.78, 5) is 23.7. The van der Waals surface area contributed by atoms with Gasteiger partial charge in [-0.25, -0.2) is 9.50 Å². The predicted molar refractivity (Wildman–Crippen MR) is 133 cm³/mol. The number of ether oxygens (including phenoxy) is 1. The number of aryl methyl sites for hydroxylation is 1. The quantitative estimate of drug-likeness (QED) is 0.455. The summed E-state index contributed by atoms with van der Waals surface area (Å²) in [5.74, 6) is 5.87. The van der Waals surface area contributed by atoms with Gasteiger partial charge in [-0.3, -0.25) is 14.7 Å². The molecule has 1 aliphatic rings. The van der Waals surface area contributed by atoms with Crippen molar-refractivity contribution in [1.82, 2.24) is 24.5 Å². The summed E-state index contributed by atoms with van der Waals surface area (Å²) in [5.41, 5.74) is 5.61. The zero-order chi connectivity index (χ0) is 24.2. The maximum absolute atomic E-state index is 12.9. The maximum atomic E-state index is 12.9. The number of fused-ring (bicyclic) bond motifs is 1. The molecule has 1 amide bonds. The van der Waals surface area contributed by atoms with Gasteiger partial charge in [-0.1, -0.05) is 12.0 Å². The molecule has 0 radical (unpaired) electrons. The number of aromatic nitrogens is 4. The Hall–Kier alpha value is -4.06. The zero-order valence-corrected chi connectivity index (χ0v) is 19.7. The molecule has 0 aliphatic carbocycles. The maximum Gasteiger partial charge on any atom is 0.257 e. The number of carbonyl (C=O) groups excluding carboxylic acids is 1. The topological polar surface area (TPSA) is 84.6 Å². The second-order valence-corrected chi connectivity index (χ2v) is 8.63. The van der Waals surface area contributed by atoms with Crippen molar-refractivity contribution in [3.05, 3.63) is 89.1 Å². The highest BCUT2D eigenvalue weighted by Crippen LogP contribution is 2.21. The molecular weight excluding hydrogens is 440 g/mol. The summed E-state index contributed by atoms with van der Waals surface area (Å²) in [7, 11) is 1.77. The van der Waals surface area contributed by atoms with Crippen molar-refractivity contribution in [2.75, 3.05) is 25.5 Å². The average molecular weight is 467 g/mol. The normalized spacial score (nSPS) is 15.7. The lowest BCUT2D eigenvalue weighted by Crippen LogP contribution is -2.22. The second kappa shape index (κ2) is 10.1. The van der Waals surface area contributed by atoms with Gasteiger partial charge < -0.3 is 10.1 Å². The summed E-state index contributed by atoms with van der Waals surface area (Å²) in [5, 5.41) is 7.23. The molecule has 5 rings (SSSR count). The first-order valence-corrected chi connectivity index (χ1v) is 11.5. The lowest BCUT2D eigenvalue weighted by atomic mass is 10.1. The summed E-state index contributed by atoms with van der Waals surface area (Å²) < 4.78 is 7.13. The monoisotopic (exact) mass is 466 g/mol. The Morgan fingerprint density at radius 2 is 2.11 bits per heavy atom. The molecule has 1 atom stereocenters. The van der Waals surface area contributed by atoms with Gasteiger partial charge in [0.25, 0.3) is 5.91 Å². The smallest absolute Gasteiger partial charge is 0.257 e. The molecule has 0 bridgehead atoms. The Morgan fingerprint density at radius 3 is 2.94 bits per heavy atom. The number of pyridine rings is 1. The van der Waals surface area contributed by atoms with Crippen LogP contribution in [0.2, 0.25) is 0 Å². The second-order valence-electron chi connectivity index (χ2n) is 8.63. The Morgan fingerprint density at radius 1 is 1.20 bits per heavy atom. The van der Waals surface area contributed by atoms with Crippen molar-refractivity contribution in [2.24, 2.45) is 0 Å². The fraction of sp³-hybridized carbons (Fsp3) is 0.259. The first kappa shape index (κ1) is 22.7. The van der Waals surface area contributed by atoms with Crippen LogP contribution in [-0.2, 0) is 11.3 Å². The van der Waals surface area contributed by atoms with Gasteiger partial charge in [-0.05, 0) is 60.7 Å². The molecule has 176 valence electrons. The van der Waals surface area contributed by atoms with E-state index in [9.17, 15) is 4.79 Å². The highest BCUT2D eigenvalue weighted by Gasteiger charge is 2.22. The van der Waals surface area contributed by atoms with Gasteiger partial charge in [0, 0.05) is 56.6 Å². The Balaban J connectivity index is 1.26. The summed E-state index contributed by atoms with van der Waals surface area (Å²) in [6.45, 7) is 4.94. The van der Waals surface area contributed by atoms with Gasteiger partial charge in [-0.15, -0.1) is 0 Å². The van der Waals surface area contributed by atoms with E-state index in [-0.39, 0.29) is 5.91 Å². The van der Waals surface area contributed by atoms with E-state index in [1.807, 2.05) is 24.3 Å². The molecule has 1 saturated heterocycles. The van der Waals surface area contributed by atoms with Crippen LogP contribution in [0.5, 0.6) is 0 Å². The minimum Gasteiger partial charge on any atom is -0.380 e. The van der Waals surface area contributed by atoms with Crippen LogP contribution < -0.4 is 5.32 Å². The fourth-order valence-electron chi connectivity index (χ4n) is 4.21. The van der Waals surface area contributed by atoms with E-state index in [2.05, 4.69) is 50.1 Å². The van der Waals surface area contributed by atoms with Gasteiger partial charge in [0.2, 0.25) is 0 Å². The van der Waals surface area contributed by atoms with Crippen molar-refractivity contribution in [1.29, 1.82) is 0 Å². The summed E-state index contributed by atoms with van der Waals surface area (Å²) >= 11 is 0. The number of amides is 1. The number of nitrogens with zero attached hydrogens (tertiary/aromatic N) is 5. The average Bonchev–Trinajstić information content (AvgIpc) is 3.51. The largest absolute Gasteiger partial charge is 0.380 e. The van der Waals surface area contributed by atoms with Crippen LogP contribution >= 0.6 is 0 Å². The third-order valence-electron chi connectivity index (χ3n) is 6.17. The molecule has 4 heterocycles. The van der Waals surface area contributed by atoms with Crippen LogP contribution in [0.3, 0.4) is 0 Å². The molecule has 8 heteroatoms. The molecule has 3 aromatic heterocycles. The highest BCUT2D eigenvalue weighted by molar-refractivity contribution is 6.04. The Labute approximate surface area is 204 Å². The number of hydrogen-bond donors (Lipinski definition) is 1. The standard InChI is InChI=1S/C27H26N6O2/c1-19-12-23(7-6-21(19)17-32-11-9-25(18-32)35-2)31-27(34)22-13-20(14-28-15-22)5-8-24-16-29-26-4-3-10-30-33(24)26/h3-4,6-7,10,12-16,25H,9,11,17-18H2,1-2H3,(H,31,34)/t25-/m0/s1. The van der Waals surface area contributed by atoms with Gasteiger partial charge in [0.05, 0.1) is 17.9 Å². The number of rotatable bonds is 5. The van der Waals surface area contributed by atoms with Crippen LogP contribution in [0.4, 0.5) is 5.69 Å². The molecule has 1 fully saturated rings. The van der Waals surface area contributed by atoms with Crippen molar-refractivity contribution >= 4 is 17.2 Å². The van der Waals surface area contributed by atoms with E-state index < -0.39 is 0 Å². The zero-order valence-electron chi connectivity index (χ0n) is 19.7. The van der Waals surface area contributed by atoms with Crippen molar-refractivity contribution in [3.8, 4) is 11.8 Å². The number of imidazole rings is 1. The SMILES string of the molecule is CO[C@H]1CCN(Cc2ccc(NC(=O)c3cncc(C#Cc4cnc5cccnn45)c3)cc2C)C1. The van der Waals surface area contributed by atoms with Crippen LogP contribution in [0.1, 0.15) is 39.2 Å². The van der Waals surface area contributed by atoms with Gasteiger partial charge >= 0.3 is 0 Å². The highest BCUT2D eigenvalue weighted by atomic mass is 16.5. The van der Waals surface area contributed by atoms with Gasteiger partial charge in [-0.2, -0.15) is 5.10 Å². The third kappa shape index (κ3) is 5.22. The molecule has 1 aliphatic heterocycles. The molecule has 0 spiro atoms. The lowest BCUT2D eigenvalue weighted by Gasteiger charge is -2.18. The van der Waals surface area contributed by atoms with Gasteiger partial charge in [0.15, 0.2) is 5.65 Å². The van der Waals surface area contributed by atoms with E-state index in [1.54, 1.807) is 36.3 Å². The molecule has 35 heavy (non-hydrogen) atoms. The molecular formula is C27H26N6O2. The van der Waals surface area contributed by atoms with Crippen molar-refractivity contribution < 1.29 is 9.53 Å². The van der Waals surface area contributed by atoms with E-state index in [1.165, 1.54) is 11.8 Å². The van der Waals surface area contributed by atoms with Crippen molar-refractivity contribution in [3.63, 3.8) is 0 Å². The van der Waals surface area contributed by atoms with E-state index >= 15 is 0 Å². The Bertz CT molecular complexity index is 1430. The van der Waals surface area contributed by atoms with Crippen LogP contribution in [0.25, 0.3) is 5.65 Å². The molecule has 0 saturated carbocycles. The number of benzene rings is 1. The molecule has 4 aromatic rings. The minimum atomic E-state index is -0.229. The number of likely N-dealkylation sites (tertiary alicyclic amines) is 1. The summed E-state index contributed by atoms with van der Waals surface area (Å²) in [6, 6.07) is 11.4. The number of anilines is 1. The van der Waals surface area contributed by atoms with Crippen LogP contribution in [0, 0.1) is 18.8 Å². The molecule has 1 N–H and O–H groups in total. The third-order valence-corrected chi connectivity index (χ3v) is 6.17. The summed E-state index contributed by atoms with van der Waals surface area (Å²) in [6.07, 6.45) is 7.91. The first-order valence-electron chi connectivity index (χ1n) is 11.5. The van der Waals surface area contributed by atoms with Crippen LogP contribution in [0.15, 0.2) is 61.2 Å². The van der Waals surface area contributed by atoms with E-state index in [0.717, 1.165) is 43.0 Å². The Kier molecular flexibility index (Phi) is 6.53. The number of hydrogen-bond acceptors (Lipinski definition) is 6. The van der Waals surface area contributed by atoms with Crippen molar-refractivity contribution in [2.45, 2.75) is 26.0 Å². The first-order chi connectivity index (χ1) is 17.1. The number of nitrogens with one attached hydrogen (secondary N) is 1. The number of carbonyl (C=O) groups is 1. The fourth-order valence-corrected chi connectivity index (χ4v) is 4.21.